The largest absolute Gasteiger partial charge is 0.334 e. The third kappa shape index (κ3) is 3.20. The Balaban J connectivity index is 1.66. The van der Waals surface area contributed by atoms with Crippen molar-refractivity contribution < 1.29 is 14.1 Å². The molecule has 0 radical (unpaired) electrons. The summed E-state index contributed by atoms with van der Waals surface area (Å²) in [4.78, 5) is 30.0. The number of rotatable bonds is 4. The Bertz CT molecular complexity index is 826. The lowest BCUT2D eigenvalue weighted by molar-refractivity contribution is -0.126. The summed E-state index contributed by atoms with van der Waals surface area (Å²) >= 11 is 1.62. The summed E-state index contributed by atoms with van der Waals surface area (Å²) < 4.78 is 5.42. The highest BCUT2D eigenvalue weighted by atomic mass is 32.1. The van der Waals surface area contributed by atoms with E-state index in [4.69, 9.17) is 4.52 Å². The second-order valence-corrected chi connectivity index (χ2v) is 8.35. The van der Waals surface area contributed by atoms with Crippen LogP contribution in [0.25, 0.3) is 11.5 Å². The number of aldehydes is 1. The smallest absolute Gasteiger partial charge is 0.261 e. The Kier molecular flexibility index (Phi) is 4.89. The van der Waals surface area contributed by atoms with Crippen molar-refractivity contribution in [2.24, 2.45) is 11.8 Å². The zero-order valence-electron chi connectivity index (χ0n) is 14.9. The van der Waals surface area contributed by atoms with Crippen LogP contribution in [0.5, 0.6) is 0 Å². The molecule has 2 unspecified atom stereocenters. The fourth-order valence-electron chi connectivity index (χ4n) is 4.13. The summed E-state index contributed by atoms with van der Waals surface area (Å²) in [5.41, 5.74) is 2.12. The van der Waals surface area contributed by atoms with Gasteiger partial charge in [-0.1, -0.05) is 18.0 Å². The maximum Gasteiger partial charge on any atom is 0.261 e. The number of fused-ring (bicyclic) bond motifs is 1. The van der Waals surface area contributed by atoms with E-state index < -0.39 is 0 Å². The van der Waals surface area contributed by atoms with E-state index in [9.17, 15) is 9.59 Å². The van der Waals surface area contributed by atoms with Gasteiger partial charge in [0, 0.05) is 16.7 Å². The van der Waals surface area contributed by atoms with Crippen LogP contribution in [0.1, 0.15) is 54.8 Å². The molecule has 1 amide bonds. The predicted molar refractivity (Wildman–Crippen MR) is 99.1 cm³/mol. The minimum Gasteiger partial charge on any atom is -0.334 e. The number of carbonyl (C=O) groups excluding carboxylic acids is 2. The van der Waals surface area contributed by atoms with E-state index in [-0.39, 0.29) is 17.7 Å². The van der Waals surface area contributed by atoms with Crippen LogP contribution in [-0.4, -0.2) is 22.3 Å². The van der Waals surface area contributed by atoms with Crippen molar-refractivity contribution in [2.45, 2.75) is 58.3 Å². The lowest BCUT2D eigenvalue weighted by Crippen LogP contribution is -2.32. The van der Waals surface area contributed by atoms with Crippen molar-refractivity contribution in [3.8, 4) is 11.5 Å². The van der Waals surface area contributed by atoms with E-state index in [1.54, 1.807) is 18.3 Å². The molecule has 1 saturated carbocycles. The number of aromatic nitrogens is 2. The molecule has 2 aliphatic rings. The van der Waals surface area contributed by atoms with E-state index in [0.717, 1.165) is 61.8 Å². The molecule has 0 bridgehead atoms. The number of amides is 1. The van der Waals surface area contributed by atoms with Crippen LogP contribution in [0.2, 0.25) is 0 Å². The molecule has 1 N–H and O–H groups in total. The van der Waals surface area contributed by atoms with Gasteiger partial charge in [-0.05, 0) is 51.0 Å². The average Bonchev–Trinajstić information content (AvgIpc) is 3.24. The molecular formula is C19H23N3O3S. The van der Waals surface area contributed by atoms with E-state index in [0.29, 0.717) is 11.7 Å². The minimum atomic E-state index is -0.238. The molecule has 7 heteroatoms. The van der Waals surface area contributed by atoms with Gasteiger partial charge in [-0.3, -0.25) is 4.79 Å². The first-order chi connectivity index (χ1) is 12.7. The quantitative estimate of drug-likeness (QED) is 0.821. The zero-order chi connectivity index (χ0) is 18.1. The molecule has 2 heterocycles. The molecule has 138 valence electrons. The Morgan fingerprint density at radius 1 is 1.23 bits per heavy atom. The van der Waals surface area contributed by atoms with Gasteiger partial charge in [-0.2, -0.15) is 4.98 Å². The number of anilines is 1. The maximum atomic E-state index is 12.9. The first-order valence-electron chi connectivity index (χ1n) is 9.38. The number of hydrogen-bond acceptors (Lipinski definition) is 6. The van der Waals surface area contributed by atoms with E-state index in [2.05, 4.69) is 15.5 Å². The van der Waals surface area contributed by atoms with Gasteiger partial charge in [-0.15, -0.1) is 11.3 Å². The van der Waals surface area contributed by atoms with Gasteiger partial charge in [0.05, 0.1) is 5.56 Å². The van der Waals surface area contributed by atoms with Gasteiger partial charge >= 0.3 is 0 Å². The van der Waals surface area contributed by atoms with Crippen molar-refractivity contribution in [3.05, 3.63) is 16.3 Å². The Labute approximate surface area is 156 Å². The molecule has 2 aromatic heterocycles. The number of thiophene rings is 1. The first kappa shape index (κ1) is 17.4. The summed E-state index contributed by atoms with van der Waals surface area (Å²) in [6, 6.07) is 0. The first-order valence-corrected chi connectivity index (χ1v) is 10.2. The SMILES string of the molecule is Cc1noc(-c2c(NC(=O)C3CCCCC3C=O)sc3c2CCCC3)n1. The second kappa shape index (κ2) is 7.31. The minimum absolute atomic E-state index is 0.0575. The highest BCUT2D eigenvalue weighted by Gasteiger charge is 2.33. The standard InChI is InChI=1S/C19H23N3O3S/c1-11-20-18(25-22-11)16-14-8-4-5-9-15(14)26-19(16)21-17(24)13-7-3-2-6-12(13)10-23/h10,12-13H,2-9H2,1H3,(H,21,24). The third-order valence-electron chi connectivity index (χ3n) is 5.48. The number of nitrogens with one attached hydrogen (secondary N) is 1. The number of nitrogens with zero attached hydrogens (tertiary/aromatic N) is 2. The molecule has 0 spiro atoms. The lowest BCUT2D eigenvalue weighted by Gasteiger charge is -2.26. The Hall–Kier alpha value is -2.02. The summed E-state index contributed by atoms with van der Waals surface area (Å²) in [7, 11) is 0. The Morgan fingerprint density at radius 3 is 2.81 bits per heavy atom. The Morgan fingerprint density at radius 2 is 2.04 bits per heavy atom. The lowest BCUT2D eigenvalue weighted by atomic mass is 9.79. The fourth-order valence-corrected chi connectivity index (χ4v) is 5.42. The highest BCUT2D eigenvalue weighted by molar-refractivity contribution is 7.17. The predicted octanol–water partition coefficient (Wildman–Crippen LogP) is 3.93. The maximum absolute atomic E-state index is 12.9. The number of aryl methyl sites for hydroxylation is 2. The van der Waals surface area contributed by atoms with E-state index in [1.807, 2.05) is 0 Å². The molecule has 4 rings (SSSR count). The number of hydrogen-bond donors (Lipinski definition) is 1. The molecule has 2 atom stereocenters. The van der Waals surface area contributed by atoms with Crippen LogP contribution < -0.4 is 5.32 Å². The van der Waals surface area contributed by atoms with Crippen molar-refractivity contribution in [1.82, 2.24) is 10.1 Å². The molecule has 0 aromatic carbocycles. The van der Waals surface area contributed by atoms with E-state index >= 15 is 0 Å². The molecule has 26 heavy (non-hydrogen) atoms. The summed E-state index contributed by atoms with van der Waals surface area (Å²) in [6.45, 7) is 1.79. The summed E-state index contributed by atoms with van der Waals surface area (Å²) in [5, 5.41) is 7.81. The molecule has 0 aliphatic heterocycles. The van der Waals surface area contributed by atoms with Gasteiger partial charge in [-0.25, -0.2) is 0 Å². The van der Waals surface area contributed by atoms with Crippen LogP contribution in [0.15, 0.2) is 4.52 Å². The fraction of sp³-hybridized carbons (Fsp3) is 0.579. The summed E-state index contributed by atoms with van der Waals surface area (Å²) in [5.74, 6) is 0.595. The van der Waals surface area contributed by atoms with Crippen molar-refractivity contribution in [1.29, 1.82) is 0 Å². The van der Waals surface area contributed by atoms with Gasteiger partial charge in [0.25, 0.3) is 5.89 Å². The molecular weight excluding hydrogens is 350 g/mol. The van der Waals surface area contributed by atoms with Crippen LogP contribution >= 0.6 is 11.3 Å². The average molecular weight is 373 g/mol. The molecule has 0 saturated heterocycles. The zero-order valence-corrected chi connectivity index (χ0v) is 15.7. The van der Waals surface area contributed by atoms with Gasteiger partial charge in [0.1, 0.15) is 11.3 Å². The van der Waals surface area contributed by atoms with Gasteiger partial charge < -0.3 is 14.6 Å². The highest BCUT2D eigenvalue weighted by Crippen LogP contribution is 2.44. The van der Waals surface area contributed by atoms with Crippen LogP contribution in [0.4, 0.5) is 5.00 Å². The van der Waals surface area contributed by atoms with Gasteiger partial charge in [0.2, 0.25) is 5.91 Å². The van der Waals surface area contributed by atoms with Crippen molar-refractivity contribution >= 4 is 28.5 Å². The van der Waals surface area contributed by atoms with Crippen molar-refractivity contribution in [3.63, 3.8) is 0 Å². The van der Waals surface area contributed by atoms with Crippen LogP contribution in [-0.2, 0) is 22.4 Å². The van der Waals surface area contributed by atoms with Crippen LogP contribution in [0.3, 0.4) is 0 Å². The van der Waals surface area contributed by atoms with Gasteiger partial charge in [0.15, 0.2) is 5.82 Å². The number of carbonyl (C=O) groups is 2. The summed E-state index contributed by atoms with van der Waals surface area (Å²) in [6.07, 6.45) is 8.84. The third-order valence-corrected chi connectivity index (χ3v) is 6.69. The molecule has 2 aliphatic carbocycles. The monoisotopic (exact) mass is 373 g/mol. The van der Waals surface area contributed by atoms with Crippen LogP contribution in [0, 0.1) is 18.8 Å². The second-order valence-electron chi connectivity index (χ2n) is 7.24. The molecule has 1 fully saturated rings. The van der Waals surface area contributed by atoms with Crippen molar-refractivity contribution in [2.75, 3.05) is 5.32 Å². The molecule has 6 nitrogen and oxygen atoms in total. The normalized spacial score (nSPS) is 22.7. The van der Waals surface area contributed by atoms with E-state index in [1.165, 1.54) is 16.9 Å². The molecule has 2 aromatic rings. The topological polar surface area (TPSA) is 85.1 Å².